The van der Waals surface area contributed by atoms with E-state index in [0.29, 0.717) is 5.92 Å². The van der Waals surface area contributed by atoms with Crippen molar-refractivity contribution in [3.63, 3.8) is 0 Å². The van der Waals surface area contributed by atoms with Crippen LogP contribution < -0.4 is 10.5 Å². The van der Waals surface area contributed by atoms with Crippen molar-refractivity contribution in [2.45, 2.75) is 50.7 Å². The zero-order valence-corrected chi connectivity index (χ0v) is 10.5. The first-order chi connectivity index (χ1) is 8.21. The van der Waals surface area contributed by atoms with Gasteiger partial charge in [0.05, 0.1) is 0 Å². The van der Waals surface area contributed by atoms with Gasteiger partial charge in [0.25, 0.3) is 0 Å². The van der Waals surface area contributed by atoms with Crippen LogP contribution in [0.5, 0.6) is 5.75 Å². The summed E-state index contributed by atoms with van der Waals surface area (Å²) in [6.45, 7) is 2.13. The lowest BCUT2D eigenvalue weighted by atomic mass is 9.70. The number of rotatable bonds is 1. The molecule has 0 saturated heterocycles. The van der Waals surface area contributed by atoms with Crippen molar-refractivity contribution in [3.8, 4) is 5.75 Å². The van der Waals surface area contributed by atoms with Crippen molar-refractivity contribution in [1.82, 2.24) is 0 Å². The summed E-state index contributed by atoms with van der Waals surface area (Å²) in [5.74, 6) is 1.59. The van der Waals surface area contributed by atoms with E-state index in [2.05, 4.69) is 31.2 Å². The van der Waals surface area contributed by atoms with Gasteiger partial charge in [0.2, 0.25) is 0 Å². The first-order valence-corrected chi connectivity index (χ1v) is 6.74. The summed E-state index contributed by atoms with van der Waals surface area (Å²) in [5, 5.41) is 0. The van der Waals surface area contributed by atoms with E-state index in [1.54, 1.807) is 0 Å². The van der Waals surface area contributed by atoms with E-state index in [4.69, 9.17) is 10.5 Å². The summed E-state index contributed by atoms with van der Waals surface area (Å²) in [6.07, 6.45) is 6.00. The molecule has 2 heteroatoms. The smallest absolute Gasteiger partial charge is 0.123 e. The molecule has 2 N–H and O–H groups in total. The average molecular weight is 231 g/mol. The van der Waals surface area contributed by atoms with E-state index >= 15 is 0 Å². The van der Waals surface area contributed by atoms with Gasteiger partial charge < -0.3 is 10.5 Å². The number of benzene rings is 1. The van der Waals surface area contributed by atoms with Gasteiger partial charge in [-0.1, -0.05) is 24.6 Å². The number of nitrogens with two attached hydrogens (primary N) is 1. The second-order valence-corrected chi connectivity index (χ2v) is 5.66. The van der Waals surface area contributed by atoms with Crippen molar-refractivity contribution in [1.29, 1.82) is 0 Å². The third-order valence-corrected chi connectivity index (χ3v) is 4.45. The lowest BCUT2D eigenvalue weighted by Crippen LogP contribution is -2.51. The van der Waals surface area contributed by atoms with E-state index < -0.39 is 0 Å². The average Bonchev–Trinajstić information content (AvgIpc) is 2.67. The van der Waals surface area contributed by atoms with Crippen LogP contribution in [0, 0.1) is 5.92 Å². The van der Waals surface area contributed by atoms with Crippen LogP contribution in [-0.2, 0) is 6.42 Å². The van der Waals surface area contributed by atoms with E-state index in [1.807, 2.05) is 0 Å². The summed E-state index contributed by atoms with van der Waals surface area (Å²) < 4.78 is 6.33. The predicted octanol–water partition coefficient (Wildman–Crippen LogP) is 2.90. The van der Waals surface area contributed by atoms with Gasteiger partial charge in [-0.25, -0.2) is 0 Å². The first kappa shape index (κ1) is 11.1. The summed E-state index contributed by atoms with van der Waals surface area (Å²) in [4.78, 5) is 0. The third kappa shape index (κ3) is 1.75. The molecule has 1 aliphatic heterocycles. The monoisotopic (exact) mass is 231 g/mol. The molecule has 1 spiro atoms. The van der Waals surface area contributed by atoms with Gasteiger partial charge in [-0.15, -0.1) is 0 Å². The number of hydrogen-bond donors (Lipinski definition) is 1. The highest BCUT2D eigenvalue weighted by molar-refractivity contribution is 5.39. The maximum atomic E-state index is 6.33. The fourth-order valence-electron chi connectivity index (χ4n) is 3.65. The number of ether oxygens (including phenoxy) is 1. The van der Waals surface area contributed by atoms with Gasteiger partial charge in [-0.05, 0) is 37.8 Å². The highest BCUT2D eigenvalue weighted by Crippen LogP contribution is 2.47. The van der Waals surface area contributed by atoms with Gasteiger partial charge in [-0.2, -0.15) is 0 Å². The number of para-hydroxylation sites is 1. The Morgan fingerprint density at radius 1 is 1.35 bits per heavy atom. The first-order valence-electron chi connectivity index (χ1n) is 6.74. The molecule has 1 aromatic rings. The minimum absolute atomic E-state index is 0.00387. The van der Waals surface area contributed by atoms with Crippen LogP contribution in [0.25, 0.3) is 0 Å². The molecule has 92 valence electrons. The maximum absolute atomic E-state index is 6.33. The van der Waals surface area contributed by atoms with E-state index in [9.17, 15) is 0 Å². The summed E-state index contributed by atoms with van der Waals surface area (Å²) in [6, 6.07) is 8.67. The molecule has 1 fully saturated rings. The molecule has 0 amide bonds. The minimum atomic E-state index is -0.00387. The van der Waals surface area contributed by atoms with E-state index in [1.165, 1.54) is 24.8 Å². The molecule has 3 rings (SSSR count). The molecule has 2 unspecified atom stereocenters. The molecule has 1 saturated carbocycles. The third-order valence-electron chi connectivity index (χ3n) is 4.45. The standard InChI is InChI=1S/C15H21NO/c1-11(16)13-7-4-5-9-15(13)10-12-6-2-3-8-14(12)17-15/h2-3,6,8,11,13H,4-5,7,9-10,16H2,1H3/t11?,13?,15-/m1/s1. The Morgan fingerprint density at radius 3 is 2.94 bits per heavy atom. The molecule has 1 aromatic carbocycles. The quantitative estimate of drug-likeness (QED) is 0.806. The fourth-order valence-corrected chi connectivity index (χ4v) is 3.65. The van der Waals surface area contributed by atoms with Gasteiger partial charge >= 0.3 is 0 Å². The van der Waals surface area contributed by atoms with E-state index in [-0.39, 0.29) is 11.6 Å². The van der Waals surface area contributed by atoms with Crippen LogP contribution in [0.15, 0.2) is 24.3 Å². The highest BCUT2D eigenvalue weighted by atomic mass is 16.5. The molecule has 0 bridgehead atoms. The Morgan fingerprint density at radius 2 is 2.18 bits per heavy atom. The molecule has 0 radical (unpaired) electrons. The van der Waals surface area contributed by atoms with Crippen LogP contribution in [-0.4, -0.2) is 11.6 Å². The van der Waals surface area contributed by atoms with Crippen LogP contribution >= 0.6 is 0 Å². The normalized spacial score (nSPS) is 33.2. The van der Waals surface area contributed by atoms with Crippen LogP contribution in [0.1, 0.15) is 38.2 Å². The molecule has 2 nitrogen and oxygen atoms in total. The van der Waals surface area contributed by atoms with Crippen LogP contribution in [0.4, 0.5) is 0 Å². The molecular formula is C15H21NO. The number of fused-ring (bicyclic) bond motifs is 1. The SMILES string of the molecule is CC(N)C1CCCC[C@@]12Cc1ccccc1O2. The Hall–Kier alpha value is -1.02. The van der Waals surface area contributed by atoms with Crippen molar-refractivity contribution in [3.05, 3.63) is 29.8 Å². The van der Waals surface area contributed by atoms with Crippen molar-refractivity contribution >= 4 is 0 Å². The predicted molar refractivity (Wildman–Crippen MR) is 69.1 cm³/mol. The lowest BCUT2D eigenvalue weighted by molar-refractivity contribution is -0.0139. The second-order valence-electron chi connectivity index (χ2n) is 5.66. The van der Waals surface area contributed by atoms with Gasteiger partial charge in [0, 0.05) is 18.4 Å². The summed E-state index contributed by atoms with van der Waals surface area (Å²) in [5.41, 5.74) is 7.53. The summed E-state index contributed by atoms with van der Waals surface area (Å²) >= 11 is 0. The van der Waals surface area contributed by atoms with E-state index in [0.717, 1.165) is 18.6 Å². The van der Waals surface area contributed by atoms with Gasteiger partial charge in [-0.3, -0.25) is 0 Å². The fraction of sp³-hybridized carbons (Fsp3) is 0.600. The van der Waals surface area contributed by atoms with Crippen molar-refractivity contribution in [2.75, 3.05) is 0 Å². The second kappa shape index (κ2) is 4.02. The Kier molecular flexibility index (Phi) is 2.62. The highest BCUT2D eigenvalue weighted by Gasteiger charge is 2.48. The lowest BCUT2D eigenvalue weighted by Gasteiger charge is -2.42. The Bertz CT molecular complexity index is 388. The largest absolute Gasteiger partial charge is 0.486 e. The van der Waals surface area contributed by atoms with Crippen LogP contribution in [0.3, 0.4) is 0 Å². The molecule has 2 aliphatic rings. The zero-order valence-electron chi connectivity index (χ0n) is 10.5. The maximum Gasteiger partial charge on any atom is 0.123 e. The zero-order chi connectivity index (χ0) is 11.9. The number of hydrogen-bond acceptors (Lipinski definition) is 2. The van der Waals surface area contributed by atoms with Crippen LogP contribution in [0.2, 0.25) is 0 Å². The Labute approximate surface area is 103 Å². The Balaban J connectivity index is 1.92. The molecular weight excluding hydrogens is 210 g/mol. The van der Waals surface area contributed by atoms with Gasteiger partial charge in [0.15, 0.2) is 0 Å². The van der Waals surface area contributed by atoms with Crippen molar-refractivity contribution in [2.24, 2.45) is 11.7 Å². The molecule has 0 aromatic heterocycles. The molecule has 1 aliphatic carbocycles. The minimum Gasteiger partial charge on any atom is -0.486 e. The molecule has 3 atom stereocenters. The van der Waals surface area contributed by atoms with Gasteiger partial charge in [0.1, 0.15) is 11.4 Å². The van der Waals surface area contributed by atoms with Crippen molar-refractivity contribution < 1.29 is 4.74 Å². The molecule has 17 heavy (non-hydrogen) atoms. The summed E-state index contributed by atoms with van der Waals surface area (Å²) in [7, 11) is 0. The topological polar surface area (TPSA) is 35.2 Å². The molecule has 1 heterocycles.